The quantitative estimate of drug-likeness (QED) is 0.832. The lowest BCUT2D eigenvalue weighted by Gasteiger charge is -2.31. The molecule has 2 N–H and O–H groups in total. The van der Waals surface area contributed by atoms with Crippen molar-refractivity contribution in [2.24, 2.45) is 0 Å². The van der Waals surface area contributed by atoms with Gasteiger partial charge in [0, 0.05) is 18.9 Å². The maximum absolute atomic E-state index is 12.2. The summed E-state index contributed by atoms with van der Waals surface area (Å²) in [7, 11) is -3.69. The second kappa shape index (κ2) is 4.50. The highest BCUT2D eigenvalue weighted by Gasteiger charge is 2.37. The molecule has 2 rings (SSSR count). The average Bonchev–Trinajstić information content (AvgIpc) is 2.83. The molecule has 7 heteroatoms. The van der Waals surface area contributed by atoms with Gasteiger partial charge < -0.3 is 10.1 Å². The minimum absolute atomic E-state index is 0.116. The van der Waals surface area contributed by atoms with E-state index in [9.17, 15) is 13.2 Å². The van der Waals surface area contributed by atoms with Crippen LogP contribution >= 0.6 is 0 Å². The van der Waals surface area contributed by atoms with Crippen molar-refractivity contribution in [1.29, 1.82) is 0 Å². The third kappa shape index (κ3) is 2.20. The number of sulfonamides is 1. The summed E-state index contributed by atoms with van der Waals surface area (Å²) in [5, 5.41) is 9.06. The van der Waals surface area contributed by atoms with E-state index in [-0.39, 0.29) is 11.4 Å². The van der Waals surface area contributed by atoms with Crippen molar-refractivity contribution in [2.45, 2.75) is 30.2 Å². The zero-order valence-electron chi connectivity index (χ0n) is 9.17. The van der Waals surface area contributed by atoms with Crippen LogP contribution in [0.3, 0.4) is 0 Å². The Balaban J connectivity index is 2.34. The molecular weight excluding hydrogens is 244 g/mol. The highest BCUT2D eigenvalue weighted by Crippen LogP contribution is 2.25. The van der Waals surface area contributed by atoms with Gasteiger partial charge in [0.15, 0.2) is 0 Å². The second-order valence-corrected chi connectivity index (χ2v) is 5.90. The molecule has 0 aromatic carbocycles. The zero-order chi connectivity index (χ0) is 12.5. The van der Waals surface area contributed by atoms with Crippen molar-refractivity contribution in [1.82, 2.24) is 9.29 Å². The Bertz CT molecular complexity index is 494. The Hall–Kier alpha value is -1.34. The number of rotatable bonds is 3. The minimum Gasteiger partial charge on any atom is -0.480 e. The average molecular weight is 258 g/mol. The normalized spacial score (nSPS) is 22.5. The van der Waals surface area contributed by atoms with Crippen LogP contribution < -0.4 is 0 Å². The van der Waals surface area contributed by atoms with Crippen LogP contribution in [-0.4, -0.2) is 41.4 Å². The lowest BCUT2D eigenvalue weighted by atomic mass is 10.1. The van der Waals surface area contributed by atoms with Crippen LogP contribution in [0.2, 0.25) is 0 Å². The Kier molecular flexibility index (Phi) is 3.21. The van der Waals surface area contributed by atoms with E-state index in [1.807, 2.05) is 0 Å². The summed E-state index contributed by atoms with van der Waals surface area (Å²) in [6.07, 6.45) is 4.69. The fourth-order valence-electron chi connectivity index (χ4n) is 2.04. The highest BCUT2D eigenvalue weighted by atomic mass is 32.2. The number of nitrogens with zero attached hydrogens (tertiary/aromatic N) is 1. The van der Waals surface area contributed by atoms with Crippen LogP contribution in [0.5, 0.6) is 0 Å². The van der Waals surface area contributed by atoms with Gasteiger partial charge >= 0.3 is 5.97 Å². The summed E-state index contributed by atoms with van der Waals surface area (Å²) < 4.78 is 25.5. The number of piperidine rings is 1. The molecule has 1 fully saturated rings. The first-order valence-corrected chi connectivity index (χ1v) is 6.85. The smallest absolute Gasteiger partial charge is 0.322 e. The monoisotopic (exact) mass is 258 g/mol. The molecule has 0 bridgehead atoms. The van der Waals surface area contributed by atoms with Gasteiger partial charge in [-0.2, -0.15) is 4.31 Å². The van der Waals surface area contributed by atoms with Gasteiger partial charge in [-0.1, -0.05) is 0 Å². The van der Waals surface area contributed by atoms with Gasteiger partial charge in [0.2, 0.25) is 10.0 Å². The van der Waals surface area contributed by atoms with E-state index in [4.69, 9.17) is 5.11 Å². The van der Waals surface area contributed by atoms with Crippen LogP contribution in [0.1, 0.15) is 19.3 Å². The molecule has 1 saturated heterocycles. The van der Waals surface area contributed by atoms with E-state index in [0.717, 1.165) is 10.7 Å². The molecule has 1 aromatic rings. The van der Waals surface area contributed by atoms with Crippen LogP contribution in [-0.2, 0) is 14.8 Å². The number of hydrogen-bond acceptors (Lipinski definition) is 3. The Morgan fingerprint density at radius 1 is 1.47 bits per heavy atom. The maximum Gasteiger partial charge on any atom is 0.322 e. The summed E-state index contributed by atoms with van der Waals surface area (Å²) >= 11 is 0. The number of H-pyrrole nitrogens is 1. The standard InChI is InChI=1S/C10H14N2O4S/c13-10(14)9-3-1-2-6-12(9)17(15,16)8-4-5-11-7-8/h4-5,7,9,11H,1-3,6H2,(H,13,14). The van der Waals surface area contributed by atoms with Crippen LogP contribution in [0.15, 0.2) is 23.4 Å². The minimum atomic E-state index is -3.69. The van der Waals surface area contributed by atoms with E-state index in [1.54, 1.807) is 0 Å². The van der Waals surface area contributed by atoms with Crippen LogP contribution in [0.4, 0.5) is 0 Å². The molecule has 6 nitrogen and oxygen atoms in total. The van der Waals surface area contributed by atoms with Crippen molar-refractivity contribution in [3.8, 4) is 0 Å². The first-order chi connectivity index (χ1) is 8.03. The third-order valence-corrected chi connectivity index (χ3v) is 4.82. The number of hydrogen-bond donors (Lipinski definition) is 2. The molecule has 0 spiro atoms. The predicted octanol–water partition coefficient (Wildman–Crippen LogP) is 0.642. The van der Waals surface area contributed by atoms with E-state index in [2.05, 4.69) is 4.98 Å². The van der Waals surface area contributed by atoms with Crippen molar-refractivity contribution < 1.29 is 18.3 Å². The zero-order valence-corrected chi connectivity index (χ0v) is 9.98. The molecule has 94 valence electrons. The van der Waals surface area contributed by atoms with E-state index in [1.165, 1.54) is 18.5 Å². The fraction of sp³-hybridized carbons (Fsp3) is 0.500. The first kappa shape index (κ1) is 12.1. The van der Waals surface area contributed by atoms with Crippen molar-refractivity contribution in [3.05, 3.63) is 18.5 Å². The molecule has 0 aliphatic carbocycles. The highest BCUT2D eigenvalue weighted by molar-refractivity contribution is 7.89. The molecule has 17 heavy (non-hydrogen) atoms. The largest absolute Gasteiger partial charge is 0.480 e. The number of carboxylic acids is 1. The number of aromatic nitrogens is 1. The maximum atomic E-state index is 12.2. The molecule has 0 amide bonds. The molecule has 1 aliphatic rings. The summed E-state index contributed by atoms with van der Waals surface area (Å²) in [6.45, 7) is 0.268. The van der Waals surface area contributed by atoms with E-state index >= 15 is 0 Å². The Morgan fingerprint density at radius 3 is 2.82 bits per heavy atom. The molecular formula is C10H14N2O4S. The molecule has 1 aliphatic heterocycles. The lowest BCUT2D eigenvalue weighted by Crippen LogP contribution is -2.47. The van der Waals surface area contributed by atoms with Gasteiger partial charge in [-0.15, -0.1) is 0 Å². The first-order valence-electron chi connectivity index (χ1n) is 5.41. The van der Waals surface area contributed by atoms with Crippen molar-refractivity contribution in [3.63, 3.8) is 0 Å². The predicted molar refractivity (Wildman–Crippen MR) is 60.0 cm³/mol. The van der Waals surface area contributed by atoms with E-state index in [0.29, 0.717) is 12.8 Å². The number of nitrogens with one attached hydrogen (secondary N) is 1. The SMILES string of the molecule is O=C(O)C1CCCCN1S(=O)(=O)c1cc[nH]c1. The van der Waals surface area contributed by atoms with Crippen LogP contribution in [0, 0.1) is 0 Å². The number of aliphatic carboxylic acids is 1. The molecule has 1 aromatic heterocycles. The Labute approximate surface area is 99.3 Å². The molecule has 2 heterocycles. The number of carboxylic acid groups (broad SMARTS) is 1. The number of aromatic amines is 1. The fourth-order valence-corrected chi connectivity index (χ4v) is 3.67. The summed E-state index contributed by atoms with van der Waals surface area (Å²) in [6, 6.07) is 0.492. The number of carbonyl (C=O) groups is 1. The topological polar surface area (TPSA) is 90.5 Å². The molecule has 1 unspecified atom stereocenters. The van der Waals surface area contributed by atoms with Gasteiger partial charge in [0.1, 0.15) is 6.04 Å². The van der Waals surface area contributed by atoms with Crippen molar-refractivity contribution in [2.75, 3.05) is 6.54 Å². The van der Waals surface area contributed by atoms with Crippen molar-refractivity contribution >= 4 is 16.0 Å². The summed E-state index contributed by atoms with van der Waals surface area (Å²) in [5.41, 5.74) is 0. The Morgan fingerprint density at radius 2 is 2.24 bits per heavy atom. The third-order valence-electron chi connectivity index (χ3n) is 2.91. The molecule has 0 radical (unpaired) electrons. The van der Waals surface area contributed by atoms with Gasteiger partial charge in [0.25, 0.3) is 0 Å². The molecule has 0 saturated carbocycles. The van der Waals surface area contributed by atoms with Gasteiger partial charge in [-0.25, -0.2) is 8.42 Å². The molecule has 1 atom stereocenters. The van der Waals surface area contributed by atoms with Gasteiger partial charge in [-0.3, -0.25) is 4.79 Å². The van der Waals surface area contributed by atoms with E-state index < -0.39 is 22.0 Å². The lowest BCUT2D eigenvalue weighted by molar-refractivity contribution is -0.142. The van der Waals surface area contributed by atoms with Crippen LogP contribution in [0.25, 0.3) is 0 Å². The van der Waals surface area contributed by atoms with Gasteiger partial charge in [-0.05, 0) is 25.3 Å². The summed E-state index contributed by atoms with van der Waals surface area (Å²) in [5.74, 6) is -1.08. The summed E-state index contributed by atoms with van der Waals surface area (Å²) in [4.78, 5) is 13.8. The second-order valence-electron chi connectivity index (χ2n) is 4.01. The van der Waals surface area contributed by atoms with Gasteiger partial charge in [0.05, 0.1) is 4.90 Å².